The molecular formula is C73H126O6. The maximum Gasteiger partial charge on any atom is 0.306 e. The van der Waals surface area contributed by atoms with Gasteiger partial charge in [0.1, 0.15) is 13.2 Å². The van der Waals surface area contributed by atoms with Gasteiger partial charge in [0, 0.05) is 19.3 Å². The van der Waals surface area contributed by atoms with E-state index in [9.17, 15) is 14.4 Å². The molecule has 0 saturated carbocycles. The van der Waals surface area contributed by atoms with Gasteiger partial charge in [-0.3, -0.25) is 14.4 Å². The molecule has 6 heteroatoms. The molecule has 0 rings (SSSR count). The Bertz CT molecular complexity index is 1540. The minimum atomic E-state index is -0.777. The summed E-state index contributed by atoms with van der Waals surface area (Å²) in [7, 11) is 0. The Morgan fingerprint density at radius 3 is 0.772 bits per heavy atom. The molecule has 0 N–H and O–H groups in total. The number of rotatable bonds is 61. The van der Waals surface area contributed by atoms with E-state index in [1.807, 2.05) is 0 Å². The molecule has 0 spiro atoms. The molecule has 0 aromatic heterocycles. The molecule has 0 aromatic carbocycles. The summed E-state index contributed by atoms with van der Waals surface area (Å²) in [6, 6.07) is 0. The van der Waals surface area contributed by atoms with Crippen molar-refractivity contribution in [3.05, 3.63) is 97.2 Å². The van der Waals surface area contributed by atoms with Crippen LogP contribution in [0.3, 0.4) is 0 Å². The van der Waals surface area contributed by atoms with Crippen LogP contribution in [0, 0.1) is 0 Å². The van der Waals surface area contributed by atoms with Gasteiger partial charge in [-0.15, -0.1) is 0 Å². The van der Waals surface area contributed by atoms with E-state index in [0.29, 0.717) is 19.3 Å². The molecule has 1 atom stereocenters. The van der Waals surface area contributed by atoms with Gasteiger partial charge in [-0.25, -0.2) is 0 Å². The largest absolute Gasteiger partial charge is 0.462 e. The third-order valence-electron chi connectivity index (χ3n) is 14.6. The minimum Gasteiger partial charge on any atom is -0.462 e. The van der Waals surface area contributed by atoms with Crippen molar-refractivity contribution < 1.29 is 28.6 Å². The summed E-state index contributed by atoms with van der Waals surface area (Å²) in [6.45, 7) is 6.54. The van der Waals surface area contributed by atoms with Crippen LogP contribution >= 0.6 is 0 Å². The van der Waals surface area contributed by atoms with Crippen molar-refractivity contribution in [2.75, 3.05) is 13.2 Å². The summed E-state index contributed by atoms with van der Waals surface area (Å²) in [4.78, 5) is 38.3. The van der Waals surface area contributed by atoms with Gasteiger partial charge < -0.3 is 14.2 Å². The number of allylic oxidation sites excluding steroid dienone is 16. The van der Waals surface area contributed by atoms with Crippen molar-refractivity contribution in [3.63, 3.8) is 0 Å². The lowest BCUT2D eigenvalue weighted by Gasteiger charge is -2.18. The molecule has 0 heterocycles. The Morgan fingerprint density at radius 1 is 0.266 bits per heavy atom. The van der Waals surface area contributed by atoms with E-state index >= 15 is 0 Å². The normalized spacial score (nSPS) is 12.7. The SMILES string of the molecule is CC/C=C\C/C=C\C/C=C\C/C=C\C/C=C\C/C=C\C/C=C\C/C=C\CCCCCCCCCCC(=O)OCC(COC(=O)CCCCCCCCCCCC)OC(=O)CCCCCCCCCCCCCCCCCCCC. The van der Waals surface area contributed by atoms with Crippen molar-refractivity contribution in [2.45, 2.75) is 335 Å². The molecule has 0 amide bonds. The Morgan fingerprint density at radius 2 is 0.494 bits per heavy atom. The lowest BCUT2D eigenvalue weighted by molar-refractivity contribution is -0.167. The summed E-state index contributed by atoms with van der Waals surface area (Å²) in [5, 5.41) is 0. The first kappa shape index (κ1) is 75.3. The van der Waals surface area contributed by atoms with Crippen molar-refractivity contribution >= 4 is 17.9 Å². The van der Waals surface area contributed by atoms with E-state index in [0.717, 1.165) is 116 Å². The predicted molar refractivity (Wildman–Crippen MR) is 344 cm³/mol. The van der Waals surface area contributed by atoms with Gasteiger partial charge in [0.15, 0.2) is 6.10 Å². The fourth-order valence-corrected chi connectivity index (χ4v) is 9.58. The minimum absolute atomic E-state index is 0.0747. The standard InChI is InChI=1S/C73H126O6/c1-4-7-10-13-16-19-22-24-26-28-30-31-32-33-34-35-36-37-38-39-40-41-42-43-44-46-47-49-51-54-57-60-63-66-72(75)78-69-70(68-77-71(74)65-62-59-56-53-21-18-15-12-9-6-3)79-73(76)67-64-61-58-55-52-50-48-45-29-27-25-23-20-17-14-11-8-5-2/h7,10,16,19,24,26,30-31,33-34,36-37,39-40,42-43,70H,4-6,8-9,11-15,17-18,20-23,25,27-29,32,35,38,41,44-69H2,1-3H3/b10-7-,19-16-,26-24-,31-30-,34-33-,37-36-,40-39-,43-42-. The first-order chi connectivity index (χ1) is 39.0. The fraction of sp³-hybridized carbons (Fsp3) is 0.740. The van der Waals surface area contributed by atoms with Crippen LogP contribution in [0.4, 0.5) is 0 Å². The van der Waals surface area contributed by atoms with Gasteiger partial charge in [-0.1, -0.05) is 323 Å². The molecule has 0 fully saturated rings. The number of ether oxygens (including phenoxy) is 3. The van der Waals surface area contributed by atoms with Gasteiger partial charge in [-0.2, -0.15) is 0 Å². The molecule has 1 unspecified atom stereocenters. The van der Waals surface area contributed by atoms with Crippen LogP contribution in [0.1, 0.15) is 329 Å². The van der Waals surface area contributed by atoms with Gasteiger partial charge in [0.2, 0.25) is 0 Å². The van der Waals surface area contributed by atoms with E-state index in [2.05, 4.69) is 118 Å². The Balaban J connectivity index is 4.20. The van der Waals surface area contributed by atoms with Crippen molar-refractivity contribution in [2.24, 2.45) is 0 Å². The summed E-state index contributed by atoms with van der Waals surface area (Å²) >= 11 is 0. The molecule has 0 aliphatic carbocycles. The van der Waals surface area contributed by atoms with Gasteiger partial charge in [0.05, 0.1) is 0 Å². The molecule has 0 aliphatic rings. The molecule has 454 valence electrons. The summed E-state index contributed by atoms with van der Waals surface area (Å²) in [5.41, 5.74) is 0. The Labute approximate surface area is 489 Å². The van der Waals surface area contributed by atoms with E-state index in [1.165, 1.54) is 173 Å². The molecular weight excluding hydrogens is 973 g/mol. The molecule has 79 heavy (non-hydrogen) atoms. The molecule has 6 nitrogen and oxygen atoms in total. The van der Waals surface area contributed by atoms with Crippen LogP contribution in [0.25, 0.3) is 0 Å². The van der Waals surface area contributed by atoms with E-state index in [-0.39, 0.29) is 31.1 Å². The zero-order valence-electron chi connectivity index (χ0n) is 52.1. The summed E-state index contributed by atoms with van der Waals surface area (Å²) < 4.78 is 16.9. The number of carbonyl (C=O) groups excluding carboxylic acids is 3. The van der Waals surface area contributed by atoms with Gasteiger partial charge in [0.25, 0.3) is 0 Å². The molecule has 0 aliphatic heterocycles. The highest BCUT2D eigenvalue weighted by molar-refractivity contribution is 5.71. The maximum absolute atomic E-state index is 12.9. The molecule has 0 aromatic rings. The second-order valence-corrected chi connectivity index (χ2v) is 22.4. The second kappa shape index (κ2) is 66.8. The fourth-order valence-electron chi connectivity index (χ4n) is 9.58. The highest BCUT2D eigenvalue weighted by Gasteiger charge is 2.19. The average Bonchev–Trinajstić information content (AvgIpc) is 3.45. The number of unbranched alkanes of at least 4 members (excludes halogenated alkanes) is 34. The van der Waals surface area contributed by atoms with Crippen molar-refractivity contribution in [3.8, 4) is 0 Å². The van der Waals surface area contributed by atoms with Crippen LogP contribution < -0.4 is 0 Å². The average molecular weight is 1100 g/mol. The van der Waals surface area contributed by atoms with Crippen LogP contribution in [-0.4, -0.2) is 37.2 Å². The third-order valence-corrected chi connectivity index (χ3v) is 14.6. The lowest BCUT2D eigenvalue weighted by atomic mass is 10.0. The van der Waals surface area contributed by atoms with Crippen LogP contribution in [0.15, 0.2) is 97.2 Å². The zero-order chi connectivity index (χ0) is 57.1. The molecule has 0 saturated heterocycles. The highest BCUT2D eigenvalue weighted by Crippen LogP contribution is 2.17. The van der Waals surface area contributed by atoms with Crippen LogP contribution in [-0.2, 0) is 28.6 Å². The van der Waals surface area contributed by atoms with Gasteiger partial charge in [-0.05, 0) is 83.5 Å². The lowest BCUT2D eigenvalue weighted by Crippen LogP contribution is -2.30. The maximum atomic E-state index is 12.9. The number of hydrogen-bond acceptors (Lipinski definition) is 6. The van der Waals surface area contributed by atoms with E-state index in [4.69, 9.17) is 14.2 Å². The van der Waals surface area contributed by atoms with E-state index in [1.54, 1.807) is 0 Å². The Kier molecular flexibility index (Phi) is 63.7. The monoisotopic (exact) mass is 1100 g/mol. The summed E-state index contributed by atoms with van der Waals surface area (Å²) in [5.74, 6) is -0.870. The van der Waals surface area contributed by atoms with Crippen LogP contribution in [0.5, 0.6) is 0 Å². The number of carbonyl (C=O) groups is 3. The zero-order valence-corrected chi connectivity index (χ0v) is 52.1. The molecule has 0 radical (unpaired) electrons. The Hall–Kier alpha value is -3.67. The third kappa shape index (κ3) is 65.0. The number of esters is 3. The van der Waals surface area contributed by atoms with E-state index < -0.39 is 6.10 Å². The van der Waals surface area contributed by atoms with Gasteiger partial charge >= 0.3 is 17.9 Å². The van der Waals surface area contributed by atoms with Crippen molar-refractivity contribution in [1.82, 2.24) is 0 Å². The van der Waals surface area contributed by atoms with Crippen LogP contribution in [0.2, 0.25) is 0 Å². The first-order valence-electron chi connectivity index (χ1n) is 33.7. The second-order valence-electron chi connectivity index (χ2n) is 22.4. The topological polar surface area (TPSA) is 78.9 Å². The first-order valence-corrected chi connectivity index (χ1v) is 33.7. The van der Waals surface area contributed by atoms with Crippen molar-refractivity contribution in [1.29, 1.82) is 0 Å². The summed E-state index contributed by atoms with van der Waals surface area (Å²) in [6.07, 6.45) is 90.0. The molecule has 0 bridgehead atoms. The highest BCUT2D eigenvalue weighted by atomic mass is 16.6. The predicted octanol–water partition coefficient (Wildman–Crippen LogP) is 23.2. The quantitative estimate of drug-likeness (QED) is 0.0261. The smallest absolute Gasteiger partial charge is 0.306 e. The number of hydrogen-bond donors (Lipinski definition) is 0.